The molecule has 0 aliphatic heterocycles. The second kappa shape index (κ2) is 15.8. The van der Waals surface area contributed by atoms with Gasteiger partial charge in [0.25, 0.3) is 0 Å². The van der Waals surface area contributed by atoms with Crippen LogP contribution in [0.15, 0.2) is 0 Å². The molecule has 0 saturated carbocycles. The standard InChI is InChI=1S/C4H9Br.Cl2HP/c1-2-3-4-5;1-3-2/h2-4H2,1H3;3H. The Kier molecular flexibility index (Phi) is 24.1. The quantitative estimate of drug-likeness (QED) is 0.502. The first-order valence-corrected chi connectivity index (χ1v) is 6.50. The molecular formula is C4H10BrCl2P. The maximum Gasteiger partial charge on any atom is 0.0713 e. The van der Waals surface area contributed by atoms with E-state index in [0.717, 1.165) is 5.33 Å². The SMILES string of the molecule is CCCCBr.ClPCl. The maximum atomic E-state index is 4.79. The predicted molar refractivity (Wildman–Crippen MR) is 48.7 cm³/mol. The van der Waals surface area contributed by atoms with Gasteiger partial charge in [-0.15, -0.1) is 0 Å². The molecule has 52 valence electrons. The predicted octanol–water partition coefficient (Wildman–Crippen LogP) is 4.15. The van der Waals surface area contributed by atoms with Crippen LogP contribution >= 0.6 is 45.7 Å². The molecule has 4 heteroatoms. The molecule has 0 amide bonds. The highest BCUT2D eigenvalue weighted by Gasteiger charge is 1.69. The van der Waals surface area contributed by atoms with Crippen LogP contribution in [0.25, 0.3) is 0 Å². The van der Waals surface area contributed by atoms with Gasteiger partial charge in [-0.25, -0.2) is 0 Å². The molecule has 0 aromatic rings. The Balaban J connectivity index is 0. The summed E-state index contributed by atoms with van der Waals surface area (Å²) in [5, 5.41) is 1.16. The van der Waals surface area contributed by atoms with Crippen molar-refractivity contribution >= 4 is 45.7 Å². The summed E-state index contributed by atoms with van der Waals surface area (Å²) in [6, 6.07) is 0. The third kappa shape index (κ3) is 25.9. The molecule has 0 aliphatic rings. The van der Waals surface area contributed by atoms with Gasteiger partial charge in [0.1, 0.15) is 0 Å². The van der Waals surface area contributed by atoms with Crippen molar-refractivity contribution in [3.63, 3.8) is 0 Å². The molecule has 0 saturated heterocycles. The summed E-state index contributed by atoms with van der Waals surface area (Å²) in [6.07, 6.45) is 2.60. The Morgan fingerprint density at radius 1 is 1.50 bits per heavy atom. The van der Waals surface area contributed by atoms with E-state index >= 15 is 0 Å². The third-order valence-corrected chi connectivity index (χ3v) is 1.05. The fourth-order valence-corrected chi connectivity index (χ4v) is 0.694. The number of unbranched alkanes of at least 4 members (excludes halogenated alkanes) is 1. The Bertz CT molecular complexity index is 28.0. The van der Waals surface area contributed by atoms with E-state index in [0.29, 0.717) is 0 Å². The molecule has 0 unspecified atom stereocenters. The summed E-state index contributed by atoms with van der Waals surface area (Å²) < 4.78 is 0. The van der Waals surface area contributed by atoms with Crippen LogP contribution in [0.3, 0.4) is 0 Å². The first kappa shape index (κ1) is 12.2. The lowest BCUT2D eigenvalue weighted by Gasteiger charge is -1.77. The molecule has 0 aromatic carbocycles. The minimum Gasteiger partial charge on any atom is -0.0928 e. The monoisotopic (exact) mass is 238 g/mol. The minimum atomic E-state index is 0.0278. The fraction of sp³-hybridized carbons (Fsp3) is 1.00. The van der Waals surface area contributed by atoms with Crippen LogP contribution in [0.2, 0.25) is 0 Å². The van der Waals surface area contributed by atoms with E-state index in [1.54, 1.807) is 0 Å². The van der Waals surface area contributed by atoms with Crippen molar-refractivity contribution < 1.29 is 0 Å². The van der Waals surface area contributed by atoms with Crippen LogP contribution in [0.1, 0.15) is 19.8 Å². The van der Waals surface area contributed by atoms with E-state index in [4.69, 9.17) is 22.5 Å². The van der Waals surface area contributed by atoms with Crippen molar-refractivity contribution in [3.8, 4) is 0 Å². The number of hydrogen-bond acceptors (Lipinski definition) is 0. The molecule has 0 spiro atoms. The molecule has 8 heavy (non-hydrogen) atoms. The molecular weight excluding hydrogens is 230 g/mol. The number of halogens is 3. The molecule has 0 atom stereocenters. The van der Waals surface area contributed by atoms with Gasteiger partial charge in [0.15, 0.2) is 0 Å². The lowest BCUT2D eigenvalue weighted by molar-refractivity contribution is 0.902. The molecule has 0 aliphatic carbocycles. The highest BCUT2D eigenvalue weighted by atomic mass is 79.9. The van der Waals surface area contributed by atoms with Crippen LogP contribution in [0, 0.1) is 0 Å². The summed E-state index contributed by atoms with van der Waals surface area (Å²) in [6.45, 7) is 2.18. The molecule has 0 bridgehead atoms. The Labute approximate surface area is 70.8 Å². The van der Waals surface area contributed by atoms with E-state index in [1.165, 1.54) is 12.8 Å². The largest absolute Gasteiger partial charge is 0.0928 e. The first-order chi connectivity index (χ1) is 3.83. The highest BCUT2D eigenvalue weighted by Crippen LogP contribution is 2.19. The lowest BCUT2D eigenvalue weighted by atomic mass is 10.4. The van der Waals surface area contributed by atoms with Gasteiger partial charge in [-0.05, 0) is 6.42 Å². The van der Waals surface area contributed by atoms with Crippen LogP contribution in [-0.4, -0.2) is 5.33 Å². The van der Waals surface area contributed by atoms with E-state index < -0.39 is 0 Å². The number of hydrogen-bond donors (Lipinski definition) is 0. The molecule has 0 nitrogen and oxygen atoms in total. The minimum absolute atomic E-state index is 0.0278. The van der Waals surface area contributed by atoms with E-state index in [-0.39, 0.29) is 7.29 Å². The molecule has 0 radical (unpaired) electrons. The number of alkyl halides is 1. The van der Waals surface area contributed by atoms with Gasteiger partial charge in [-0.3, -0.25) is 0 Å². The van der Waals surface area contributed by atoms with Crippen LogP contribution in [0.5, 0.6) is 0 Å². The van der Waals surface area contributed by atoms with Gasteiger partial charge in [0.05, 0.1) is 7.29 Å². The Morgan fingerprint density at radius 3 is 1.88 bits per heavy atom. The van der Waals surface area contributed by atoms with E-state index in [2.05, 4.69) is 22.9 Å². The summed E-state index contributed by atoms with van der Waals surface area (Å²) in [5.41, 5.74) is 0. The third-order valence-electron chi connectivity index (χ3n) is 0.487. The molecule has 0 rings (SSSR count). The zero-order valence-electron chi connectivity index (χ0n) is 4.76. The van der Waals surface area contributed by atoms with Crippen molar-refractivity contribution in [1.29, 1.82) is 0 Å². The van der Waals surface area contributed by atoms with Crippen molar-refractivity contribution in [3.05, 3.63) is 0 Å². The molecule has 0 fully saturated rings. The summed E-state index contributed by atoms with van der Waals surface area (Å²) in [7, 11) is 0.0278. The molecule has 0 heterocycles. The van der Waals surface area contributed by atoms with Crippen molar-refractivity contribution in [2.24, 2.45) is 0 Å². The Hall–Kier alpha value is 1.49. The van der Waals surface area contributed by atoms with Gasteiger partial charge in [-0.1, -0.05) is 51.8 Å². The zero-order valence-corrected chi connectivity index (χ0v) is 8.85. The fourth-order valence-electron chi connectivity index (χ4n) is 0.134. The summed E-state index contributed by atoms with van der Waals surface area (Å²) in [5.74, 6) is 0. The Morgan fingerprint density at radius 2 is 1.88 bits per heavy atom. The molecule has 0 N–H and O–H groups in total. The van der Waals surface area contributed by atoms with Gasteiger partial charge in [0, 0.05) is 5.33 Å². The zero-order chi connectivity index (χ0) is 6.83. The van der Waals surface area contributed by atoms with Crippen LogP contribution < -0.4 is 0 Å². The normalized spacial score (nSPS) is 7.50. The highest BCUT2D eigenvalue weighted by molar-refractivity contribution is 9.09. The maximum absolute atomic E-state index is 4.79. The molecule has 0 aromatic heterocycles. The van der Waals surface area contributed by atoms with Crippen LogP contribution in [0.4, 0.5) is 0 Å². The van der Waals surface area contributed by atoms with E-state index in [1.807, 2.05) is 0 Å². The lowest BCUT2D eigenvalue weighted by Crippen LogP contribution is -1.64. The second-order valence-corrected chi connectivity index (χ2v) is 3.76. The van der Waals surface area contributed by atoms with E-state index in [9.17, 15) is 0 Å². The second-order valence-electron chi connectivity index (χ2n) is 1.11. The van der Waals surface area contributed by atoms with Crippen LogP contribution in [-0.2, 0) is 0 Å². The smallest absolute Gasteiger partial charge is 0.0713 e. The van der Waals surface area contributed by atoms with Gasteiger partial charge >= 0.3 is 0 Å². The van der Waals surface area contributed by atoms with Crippen molar-refractivity contribution in [2.45, 2.75) is 19.8 Å². The van der Waals surface area contributed by atoms with Crippen molar-refractivity contribution in [2.75, 3.05) is 5.33 Å². The number of rotatable bonds is 2. The average Bonchev–Trinajstić information content (AvgIpc) is 1.71. The first-order valence-electron chi connectivity index (χ1n) is 2.35. The van der Waals surface area contributed by atoms with Crippen molar-refractivity contribution in [1.82, 2.24) is 0 Å². The van der Waals surface area contributed by atoms with Gasteiger partial charge < -0.3 is 0 Å². The summed E-state index contributed by atoms with van der Waals surface area (Å²) in [4.78, 5) is 0. The topological polar surface area (TPSA) is 0 Å². The average molecular weight is 240 g/mol. The summed E-state index contributed by atoms with van der Waals surface area (Å²) >= 11 is 12.9. The van der Waals surface area contributed by atoms with Gasteiger partial charge in [-0.2, -0.15) is 0 Å². The van der Waals surface area contributed by atoms with Gasteiger partial charge in [0.2, 0.25) is 0 Å².